The fourth-order valence-corrected chi connectivity index (χ4v) is 1.92. The maximum absolute atomic E-state index is 6.04. The molecular formula is C10H12ClN3. The summed E-state index contributed by atoms with van der Waals surface area (Å²) in [6, 6.07) is 0. The molecule has 0 atom stereocenters. The van der Waals surface area contributed by atoms with Gasteiger partial charge >= 0.3 is 0 Å². The van der Waals surface area contributed by atoms with Crippen LogP contribution in [0.25, 0.3) is 11.0 Å². The zero-order valence-electron chi connectivity index (χ0n) is 8.45. The highest BCUT2D eigenvalue weighted by Crippen LogP contribution is 2.27. The number of halogens is 1. The van der Waals surface area contributed by atoms with Crippen molar-refractivity contribution < 1.29 is 0 Å². The summed E-state index contributed by atoms with van der Waals surface area (Å²) in [6.07, 6.45) is 3.44. The number of rotatable bonds is 1. The van der Waals surface area contributed by atoms with E-state index in [1.165, 1.54) is 0 Å². The van der Waals surface area contributed by atoms with Crippen LogP contribution in [0.5, 0.6) is 0 Å². The molecule has 2 heterocycles. The van der Waals surface area contributed by atoms with Gasteiger partial charge in [0.2, 0.25) is 0 Å². The topological polar surface area (TPSA) is 30.7 Å². The van der Waals surface area contributed by atoms with Crippen molar-refractivity contribution in [3.05, 3.63) is 23.2 Å². The van der Waals surface area contributed by atoms with Crippen molar-refractivity contribution in [3.8, 4) is 0 Å². The van der Waals surface area contributed by atoms with Crippen LogP contribution in [0.15, 0.2) is 12.5 Å². The third kappa shape index (κ3) is 1.28. The molecule has 0 N–H and O–H groups in total. The van der Waals surface area contributed by atoms with Gasteiger partial charge in [-0.15, -0.1) is 0 Å². The van der Waals surface area contributed by atoms with Crippen molar-refractivity contribution in [2.75, 3.05) is 0 Å². The minimum absolute atomic E-state index is 0.380. The van der Waals surface area contributed by atoms with Crippen molar-refractivity contribution in [3.63, 3.8) is 0 Å². The smallest absolute Gasteiger partial charge is 0.116 e. The van der Waals surface area contributed by atoms with Gasteiger partial charge in [0.05, 0.1) is 16.2 Å². The molecule has 2 rings (SSSR count). The Morgan fingerprint density at radius 3 is 2.71 bits per heavy atom. The van der Waals surface area contributed by atoms with Crippen molar-refractivity contribution in [1.82, 2.24) is 14.5 Å². The minimum Gasteiger partial charge on any atom is -0.346 e. The molecule has 0 aliphatic rings. The summed E-state index contributed by atoms with van der Waals surface area (Å²) in [5.74, 6) is 0.380. The standard InChI is InChI=1S/C10H12ClN3/c1-6(2)8-10-9(13-5-12-8)7(11)4-14(10)3/h4-6H,1-3H3. The van der Waals surface area contributed by atoms with Gasteiger partial charge in [-0.05, 0) is 5.92 Å². The molecule has 74 valence electrons. The van der Waals surface area contributed by atoms with Crippen LogP contribution in [0.2, 0.25) is 5.02 Å². The van der Waals surface area contributed by atoms with E-state index < -0.39 is 0 Å². The number of hydrogen-bond donors (Lipinski definition) is 0. The van der Waals surface area contributed by atoms with Crippen LogP contribution in [0.1, 0.15) is 25.5 Å². The second kappa shape index (κ2) is 3.24. The fraction of sp³-hybridized carbons (Fsp3) is 0.400. The Balaban J connectivity index is 2.85. The van der Waals surface area contributed by atoms with Crippen molar-refractivity contribution >= 4 is 22.6 Å². The summed E-state index contributed by atoms with van der Waals surface area (Å²) in [5, 5.41) is 0.687. The van der Waals surface area contributed by atoms with E-state index in [0.717, 1.165) is 16.7 Å². The highest BCUT2D eigenvalue weighted by molar-refractivity contribution is 6.35. The molecule has 0 aromatic carbocycles. The number of aryl methyl sites for hydroxylation is 1. The van der Waals surface area contributed by atoms with Crippen molar-refractivity contribution in [1.29, 1.82) is 0 Å². The molecule has 0 amide bonds. The number of nitrogens with zero attached hydrogens (tertiary/aromatic N) is 3. The van der Waals surface area contributed by atoms with E-state index in [1.807, 2.05) is 17.8 Å². The second-order valence-corrected chi connectivity index (χ2v) is 4.11. The van der Waals surface area contributed by atoms with Crippen LogP contribution in [0, 0.1) is 0 Å². The highest BCUT2D eigenvalue weighted by atomic mass is 35.5. The Bertz CT molecular complexity index is 473. The Labute approximate surface area is 87.7 Å². The molecule has 0 fully saturated rings. The normalized spacial score (nSPS) is 11.5. The van der Waals surface area contributed by atoms with Gasteiger partial charge < -0.3 is 4.57 Å². The van der Waals surface area contributed by atoms with E-state index >= 15 is 0 Å². The van der Waals surface area contributed by atoms with Crippen LogP contribution in [-0.4, -0.2) is 14.5 Å². The third-order valence-electron chi connectivity index (χ3n) is 2.28. The summed E-state index contributed by atoms with van der Waals surface area (Å²) >= 11 is 6.04. The first-order chi connectivity index (χ1) is 6.61. The monoisotopic (exact) mass is 209 g/mol. The van der Waals surface area contributed by atoms with Gasteiger partial charge in [0.25, 0.3) is 0 Å². The minimum atomic E-state index is 0.380. The average Bonchev–Trinajstić information content (AvgIpc) is 2.43. The number of aromatic nitrogens is 3. The highest BCUT2D eigenvalue weighted by Gasteiger charge is 2.13. The Morgan fingerprint density at radius 2 is 2.07 bits per heavy atom. The molecular weight excluding hydrogens is 198 g/mol. The van der Waals surface area contributed by atoms with Gasteiger partial charge in [-0.1, -0.05) is 25.4 Å². The van der Waals surface area contributed by atoms with E-state index in [4.69, 9.17) is 11.6 Å². The lowest BCUT2D eigenvalue weighted by atomic mass is 10.1. The first kappa shape index (κ1) is 9.46. The predicted octanol–water partition coefficient (Wildman–Crippen LogP) is 2.75. The molecule has 0 radical (unpaired) electrons. The van der Waals surface area contributed by atoms with Gasteiger partial charge in [-0.25, -0.2) is 9.97 Å². The van der Waals surface area contributed by atoms with E-state index in [1.54, 1.807) is 6.33 Å². The molecule has 0 spiro atoms. The first-order valence-corrected chi connectivity index (χ1v) is 4.94. The van der Waals surface area contributed by atoms with Gasteiger partial charge in [-0.3, -0.25) is 0 Å². The molecule has 14 heavy (non-hydrogen) atoms. The van der Waals surface area contributed by atoms with E-state index in [2.05, 4.69) is 23.8 Å². The Kier molecular flexibility index (Phi) is 2.19. The summed E-state index contributed by atoms with van der Waals surface area (Å²) in [5.41, 5.74) is 2.92. The summed E-state index contributed by atoms with van der Waals surface area (Å²) in [6.45, 7) is 4.23. The number of fused-ring (bicyclic) bond motifs is 1. The zero-order valence-corrected chi connectivity index (χ0v) is 9.21. The van der Waals surface area contributed by atoms with Gasteiger partial charge in [0.15, 0.2) is 0 Å². The van der Waals surface area contributed by atoms with E-state index in [9.17, 15) is 0 Å². The van der Waals surface area contributed by atoms with Crippen molar-refractivity contribution in [2.45, 2.75) is 19.8 Å². The van der Waals surface area contributed by atoms with E-state index in [-0.39, 0.29) is 0 Å². The average molecular weight is 210 g/mol. The fourth-order valence-electron chi connectivity index (χ4n) is 1.63. The van der Waals surface area contributed by atoms with Crippen LogP contribution in [0.3, 0.4) is 0 Å². The molecule has 3 nitrogen and oxygen atoms in total. The lowest BCUT2D eigenvalue weighted by molar-refractivity contribution is 0.812. The van der Waals surface area contributed by atoms with Gasteiger partial charge in [-0.2, -0.15) is 0 Å². The van der Waals surface area contributed by atoms with Crippen molar-refractivity contribution in [2.24, 2.45) is 7.05 Å². The molecule has 0 unspecified atom stereocenters. The molecule has 0 saturated heterocycles. The lowest BCUT2D eigenvalue weighted by Crippen LogP contribution is -1.98. The number of hydrogen-bond acceptors (Lipinski definition) is 2. The van der Waals surface area contributed by atoms with E-state index in [0.29, 0.717) is 10.9 Å². The quantitative estimate of drug-likeness (QED) is 0.723. The maximum atomic E-state index is 6.04. The SMILES string of the molecule is CC(C)c1ncnc2c(Cl)cn(C)c12. The molecule has 0 saturated carbocycles. The zero-order chi connectivity index (χ0) is 10.3. The third-order valence-corrected chi connectivity index (χ3v) is 2.56. The molecule has 2 aromatic heterocycles. The molecule has 0 aliphatic carbocycles. The Hall–Kier alpha value is -1.09. The lowest BCUT2D eigenvalue weighted by Gasteiger charge is -2.06. The first-order valence-electron chi connectivity index (χ1n) is 4.56. The van der Waals surface area contributed by atoms with Crippen LogP contribution >= 0.6 is 11.6 Å². The molecule has 4 heteroatoms. The second-order valence-electron chi connectivity index (χ2n) is 3.70. The van der Waals surface area contributed by atoms with Crippen LogP contribution in [0.4, 0.5) is 0 Å². The van der Waals surface area contributed by atoms with Crippen LogP contribution < -0.4 is 0 Å². The van der Waals surface area contributed by atoms with Crippen LogP contribution in [-0.2, 0) is 7.05 Å². The predicted molar refractivity (Wildman–Crippen MR) is 57.6 cm³/mol. The summed E-state index contributed by atoms with van der Waals surface area (Å²) < 4.78 is 1.98. The Morgan fingerprint density at radius 1 is 1.36 bits per heavy atom. The largest absolute Gasteiger partial charge is 0.346 e. The summed E-state index contributed by atoms with van der Waals surface area (Å²) in [7, 11) is 1.96. The summed E-state index contributed by atoms with van der Waals surface area (Å²) in [4.78, 5) is 8.47. The maximum Gasteiger partial charge on any atom is 0.116 e. The van der Waals surface area contributed by atoms with Gasteiger partial charge in [0.1, 0.15) is 11.8 Å². The molecule has 0 bridgehead atoms. The molecule has 0 aliphatic heterocycles. The van der Waals surface area contributed by atoms with Gasteiger partial charge in [0, 0.05) is 13.2 Å². The molecule has 2 aromatic rings.